The second-order valence-electron chi connectivity index (χ2n) is 5.49. The number of aromatic amines is 1. The Kier molecular flexibility index (Phi) is 3.69. The third-order valence-corrected chi connectivity index (χ3v) is 4.78. The summed E-state index contributed by atoms with van der Waals surface area (Å²) in [5, 5.41) is 9.48. The zero-order chi connectivity index (χ0) is 16.9. The normalized spacial score (nSPS) is 30.9. The van der Waals surface area contributed by atoms with Crippen LogP contribution in [0.3, 0.4) is 0 Å². The minimum Gasteiger partial charge on any atom is -0.389 e. The van der Waals surface area contributed by atoms with Crippen molar-refractivity contribution in [2.75, 3.05) is 5.73 Å². The van der Waals surface area contributed by atoms with Gasteiger partial charge < -0.3 is 15.6 Å². The van der Waals surface area contributed by atoms with Crippen molar-refractivity contribution in [3.05, 3.63) is 16.7 Å². The minimum absolute atomic E-state index is 0.0263. The Morgan fingerprint density at radius 1 is 1.65 bits per heavy atom. The average molecular weight is 339 g/mol. The summed E-state index contributed by atoms with van der Waals surface area (Å²) in [4.78, 5) is 34.7. The number of anilines is 1. The first-order valence-electron chi connectivity index (χ1n) is 7.11. The Bertz CT molecular complexity index is 833. The van der Waals surface area contributed by atoms with Crippen LogP contribution in [0.5, 0.6) is 0 Å². The van der Waals surface area contributed by atoms with E-state index in [4.69, 9.17) is 10.5 Å². The lowest BCUT2D eigenvalue weighted by Gasteiger charge is -2.31. The van der Waals surface area contributed by atoms with Crippen LogP contribution in [0.4, 0.5) is 5.95 Å². The first kappa shape index (κ1) is 16.0. The van der Waals surface area contributed by atoms with Crippen LogP contribution >= 0.6 is 12.6 Å². The summed E-state index contributed by atoms with van der Waals surface area (Å²) in [5.41, 5.74) is 3.58. The van der Waals surface area contributed by atoms with Crippen LogP contribution < -0.4 is 11.3 Å². The van der Waals surface area contributed by atoms with Gasteiger partial charge in [-0.15, -0.1) is 0 Å². The summed E-state index contributed by atoms with van der Waals surface area (Å²) in [7, 11) is 0. The van der Waals surface area contributed by atoms with Gasteiger partial charge >= 0.3 is 0 Å². The third kappa shape index (κ3) is 2.09. The molecule has 3 heterocycles. The van der Waals surface area contributed by atoms with E-state index in [1.165, 1.54) is 17.8 Å². The number of ketones is 1. The molecule has 23 heavy (non-hydrogen) atoms. The highest BCUT2D eigenvalue weighted by Gasteiger charge is 2.57. The van der Waals surface area contributed by atoms with Crippen LogP contribution in [0.25, 0.3) is 11.2 Å². The van der Waals surface area contributed by atoms with Crippen LogP contribution in [0.1, 0.15) is 20.3 Å². The van der Waals surface area contributed by atoms with E-state index in [2.05, 4.69) is 27.6 Å². The molecule has 2 aromatic heterocycles. The predicted molar refractivity (Wildman–Crippen MR) is 85.2 cm³/mol. The second-order valence-corrected chi connectivity index (χ2v) is 6.05. The van der Waals surface area contributed by atoms with Gasteiger partial charge in [0.05, 0.1) is 17.5 Å². The van der Waals surface area contributed by atoms with Crippen LogP contribution in [-0.2, 0) is 15.3 Å². The van der Waals surface area contributed by atoms with Crippen LogP contribution in [0.2, 0.25) is 0 Å². The zero-order valence-corrected chi connectivity index (χ0v) is 13.4. The highest BCUT2D eigenvalue weighted by atomic mass is 32.1. The number of nitrogens with two attached hydrogens (primary N) is 1. The van der Waals surface area contributed by atoms with Crippen LogP contribution in [0.15, 0.2) is 11.1 Å². The molecule has 0 spiro atoms. The second kappa shape index (κ2) is 5.32. The number of nitrogens with zero attached hydrogens (tertiary/aromatic N) is 3. The first-order chi connectivity index (χ1) is 10.8. The number of hydrogen-bond donors (Lipinski definition) is 4. The number of aliphatic hydroxyl groups is 1. The molecule has 9 nitrogen and oxygen atoms in total. The molecule has 1 fully saturated rings. The minimum atomic E-state index is -1.61. The average Bonchev–Trinajstić information content (AvgIpc) is 3.01. The fourth-order valence-electron chi connectivity index (χ4n) is 2.96. The van der Waals surface area contributed by atoms with Crippen molar-refractivity contribution >= 4 is 35.5 Å². The number of carbonyl (C=O) groups is 1. The van der Waals surface area contributed by atoms with Crippen molar-refractivity contribution in [3.63, 3.8) is 0 Å². The number of fused-ring (bicyclic) bond motifs is 1. The lowest BCUT2D eigenvalue weighted by Crippen LogP contribution is -2.48. The Hall–Kier alpha value is -1.91. The zero-order valence-electron chi connectivity index (χ0n) is 12.6. The Balaban J connectivity index is 2.29. The van der Waals surface area contributed by atoms with E-state index in [1.54, 1.807) is 0 Å². The molecule has 0 bridgehead atoms. The molecule has 0 unspecified atom stereocenters. The Labute approximate surface area is 136 Å². The number of ether oxygens (including phenoxy) is 1. The maximum absolute atomic E-state index is 12.4. The Morgan fingerprint density at radius 2 is 2.35 bits per heavy atom. The number of aromatic nitrogens is 4. The van der Waals surface area contributed by atoms with E-state index in [-0.39, 0.29) is 22.9 Å². The smallest absolute Gasteiger partial charge is 0.280 e. The molecule has 1 aliphatic rings. The summed E-state index contributed by atoms with van der Waals surface area (Å²) in [6.45, 7) is 3.16. The Morgan fingerprint density at radius 3 is 2.91 bits per heavy atom. The van der Waals surface area contributed by atoms with Gasteiger partial charge in [-0.2, -0.15) is 17.6 Å². The number of carbonyl (C=O) groups excluding carboxylic acids is 1. The lowest BCUT2D eigenvalue weighted by atomic mass is 10.0. The molecule has 0 amide bonds. The largest absolute Gasteiger partial charge is 0.389 e. The molecule has 1 saturated heterocycles. The molecule has 124 valence electrons. The van der Waals surface area contributed by atoms with E-state index in [9.17, 15) is 14.7 Å². The van der Waals surface area contributed by atoms with Crippen LogP contribution in [0, 0.1) is 0 Å². The molecule has 0 aromatic carbocycles. The van der Waals surface area contributed by atoms with Gasteiger partial charge in [0.2, 0.25) is 11.7 Å². The summed E-state index contributed by atoms with van der Waals surface area (Å²) in [6, 6.07) is 0. The maximum Gasteiger partial charge on any atom is 0.280 e. The van der Waals surface area contributed by atoms with Gasteiger partial charge in [0, 0.05) is 0 Å². The highest BCUT2D eigenvalue weighted by Crippen LogP contribution is 2.41. The van der Waals surface area contributed by atoms with Gasteiger partial charge in [-0.05, 0) is 13.3 Å². The van der Waals surface area contributed by atoms with Crippen molar-refractivity contribution in [3.8, 4) is 0 Å². The molecule has 4 N–H and O–H groups in total. The van der Waals surface area contributed by atoms with Crippen molar-refractivity contribution < 1.29 is 14.6 Å². The van der Waals surface area contributed by atoms with Crippen molar-refractivity contribution in [1.29, 1.82) is 0 Å². The number of rotatable bonds is 3. The van der Waals surface area contributed by atoms with E-state index in [0.29, 0.717) is 6.42 Å². The summed E-state index contributed by atoms with van der Waals surface area (Å²) in [6.07, 6.45) is 0.250. The van der Waals surface area contributed by atoms with Gasteiger partial charge in [0.25, 0.3) is 5.56 Å². The SMILES string of the molecule is CC[C@H]1O[C@@](C(C)=O)(n2cnc3c(=O)[nH]c(N)nc32)[C@H](S)[C@@H]1O. The molecule has 4 atom stereocenters. The van der Waals surface area contributed by atoms with Crippen molar-refractivity contribution in [2.24, 2.45) is 0 Å². The molecule has 10 heteroatoms. The van der Waals surface area contributed by atoms with Crippen molar-refractivity contribution in [2.45, 2.75) is 43.5 Å². The number of aliphatic hydroxyl groups excluding tert-OH is 1. The number of nitrogen functional groups attached to an aromatic ring is 1. The molecule has 0 saturated carbocycles. The number of H-pyrrole nitrogens is 1. The van der Waals surface area contributed by atoms with Crippen LogP contribution in [-0.4, -0.2) is 47.9 Å². The standard InChI is InChI=1S/C13H17N5O4S/c1-3-6-8(20)9(23)13(22-6,5(2)19)18-4-15-7-10(18)16-12(14)17-11(7)21/h4,6,8-9,20,23H,3H2,1-2H3,(H3,14,16,17,21)/t6-,8-,9-,13-/m1/s1. The van der Waals surface area contributed by atoms with Gasteiger partial charge in [-0.1, -0.05) is 6.92 Å². The van der Waals surface area contributed by atoms with E-state index in [1.807, 2.05) is 6.92 Å². The topological polar surface area (TPSA) is 136 Å². The molecule has 3 rings (SSSR count). The van der Waals surface area contributed by atoms with Gasteiger partial charge in [-0.3, -0.25) is 19.1 Å². The molecule has 1 aliphatic heterocycles. The number of thiol groups is 1. The maximum atomic E-state index is 12.4. The highest BCUT2D eigenvalue weighted by molar-refractivity contribution is 7.81. The number of Topliss-reactive ketones (excluding diaryl/α,β-unsaturated/α-hetero) is 1. The summed E-state index contributed by atoms with van der Waals surface area (Å²) < 4.78 is 7.20. The molecule has 0 aliphatic carbocycles. The predicted octanol–water partition coefficient (Wildman–Crippen LogP) is -0.588. The quantitative estimate of drug-likeness (QED) is 0.549. The lowest BCUT2D eigenvalue weighted by molar-refractivity contribution is -0.154. The molecular formula is C13H17N5O4S. The first-order valence-corrected chi connectivity index (χ1v) is 7.62. The summed E-state index contributed by atoms with van der Waals surface area (Å²) in [5.74, 6) is -0.489. The van der Waals surface area contributed by atoms with Gasteiger partial charge in [-0.25, -0.2) is 4.98 Å². The number of nitrogens with one attached hydrogen (secondary N) is 1. The fraction of sp³-hybridized carbons (Fsp3) is 0.538. The van der Waals surface area contributed by atoms with E-state index in [0.717, 1.165) is 0 Å². The molecule has 0 radical (unpaired) electrons. The molecular weight excluding hydrogens is 322 g/mol. The number of hydrogen-bond acceptors (Lipinski definition) is 8. The van der Waals surface area contributed by atoms with E-state index >= 15 is 0 Å². The van der Waals surface area contributed by atoms with Crippen molar-refractivity contribution in [1.82, 2.24) is 19.5 Å². The summed E-state index contributed by atoms with van der Waals surface area (Å²) >= 11 is 4.40. The molecule has 2 aromatic rings. The van der Waals surface area contributed by atoms with E-state index < -0.39 is 28.7 Å². The van der Waals surface area contributed by atoms with Gasteiger partial charge in [0.15, 0.2) is 16.9 Å². The fourth-order valence-corrected chi connectivity index (χ4v) is 3.52. The number of imidazole rings is 1. The van der Waals surface area contributed by atoms with Gasteiger partial charge in [0.1, 0.15) is 6.33 Å². The third-order valence-electron chi connectivity index (χ3n) is 4.13. The monoisotopic (exact) mass is 339 g/mol.